The molecular formula is C15H28IN5O. The van der Waals surface area contributed by atoms with Gasteiger partial charge in [0.05, 0.1) is 25.4 Å². The first kappa shape index (κ1) is 20.9. The van der Waals surface area contributed by atoms with Crippen molar-refractivity contribution >= 4 is 29.9 Å². The van der Waals surface area contributed by atoms with Gasteiger partial charge < -0.3 is 15.4 Å². The highest BCUT2D eigenvalue weighted by molar-refractivity contribution is 14.0. The second kappa shape index (κ2) is 11.5. The van der Waals surface area contributed by atoms with Gasteiger partial charge in [-0.2, -0.15) is 5.10 Å². The Kier molecular flexibility index (Phi) is 10.9. The number of ether oxygens (including phenoxy) is 1. The summed E-state index contributed by atoms with van der Waals surface area (Å²) in [6, 6.07) is 0. The number of methoxy groups -OCH3 is 1. The second-order valence-electron chi connectivity index (χ2n) is 4.73. The number of aromatic nitrogens is 2. The van der Waals surface area contributed by atoms with Crippen molar-refractivity contribution in [2.45, 2.75) is 33.9 Å². The number of hydrogen-bond acceptors (Lipinski definition) is 3. The average Bonchev–Trinajstić information content (AvgIpc) is 2.74. The average molecular weight is 421 g/mol. The predicted octanol–water partition coefficient (Wildman–Crippen LogP) is 2.01. The predicted molar refractivity (Wildman–Crippen MR) is 102 cm³/mol. The van der Waals surface area contributed by atoms with Gasteiger partial charge in [-0.25, -0.2) is 4.99 Å². The summed E-state index contributed by atoms with van der Waals surface area (Å²) in [5.74, 6) is 0.792. The van der Waals surface area contributed by atoms with Gasteiger partial charge in [0, 0.05) is 31.5 Å². The van der Waals surface area contributed by atoms with Gasteiger partial charge >= 0.3 is 0 Å². The van der Waals surface area contributed by atoms with E-state index in [1.54, 1.807) is 7.11 Å². The maximum Gasteiger partial charge on any atom is 0.191 e. The molecule has 0 bridgehead atoms. The van der Waals surface area contributed by atoms with Crippen LogP contribution in [-0.4, -0.2) is 42.5 Å². The molecule has 1 aromatic rings. The molecule has 1 heterocycles. The van der Waals surface area contributed by atoms with Crippen LogP contribution >= 0.6 is 24.0 Å². The summed E-state index contributed by atoms with van der Waals surface area (Å²) in [6.45, 7) is 13.4. The molecule has 2 N–H and O–H groups in total. The van der Waals surface area contributed by atoms with Crippen LogP contribution in [0.1, 0.15) is 23.9 Å². The second-order valence-corrected chi connectivity index (χ2v) is 4.73. The zero-order valence-corrected chi connectivity index (χ0v) is 16.3. The van der Waals surface area contributed by atoms with E-state index < -0.39 is 0 Å². The van der Waals surface area contributed by atoms with Gasteiger partial charge in [0.2, 0.25) is 0 Å². The molecule has 0 saturated carbocycles. The lowest BCUT2D eigenvalue weighted by Crippen LogP contribution is -2.37. The Morgan fingerprint density at radius 2 is 2.14 bits per heavy atom. The fraction of sp³-hybridized carbons (Fsp3) is 0.600. The zero-order chi connectivity index (χ0) is 15.7. The van der Waals surface area contributed by atoms with Gasteiger partial charge in [0.25, 0.3) is 0 Å². The first-order chi connectivity index (χ1) is 10.1. The maximum absolute atomic E-state index is 5.11. The first-order valence-corrected chi connectivity index (χ1v) is 7.28. The molecule has 0 atom stereocenters. The third-order valence-electron chi connectivity index (χ3n) is 3.19. The van der Waals surface area contributed by atoms with Gasteiger partial charge in [-0.15, -0.1) is 30.6 Å². The van der Waals surface area contributed by atoms with Crippen LogP contribution in [-0.2, 0) is 17.8 Å². The van der Waals surface area contributed by atoms with Crippen molar-refractivity contribution in [3.05, 3.63) is 29.6 Å². The number of nitrogens with zero attached hydrogens (tertiary/aromatic N) is 3. The highest BCUT2D eigenvalue weighted by Gasteiger charge is 2.11. The molecule has 22 heavy (non-hydrogen) atoms. The van der Waals surface area contributed by atoms with Crippen molar-refractivity contribution in [2.24, 2.45) is 4.99 Å². The summed E-state index contributed by atoms with van der Waals surface area (Å²) >= 11 is 0. The Balaban J connectivity index is 0.00000441. The van der Waals surface area contributed by atoms with Crippen LogP contribution in [0.5, 0.6) is 0 Å². The van der Waals surface area contributed by atoms with E-state index in [4.69, 9.17) is 4.74 Å². The fourth-order valence-electron chi connectivity index (χ4n) is 2.03. The third kappa shape index (κ3) is 6.35. The van der Waals surface area contributed by atoms with Gasteiger partial charge in [-0.3, -0.25) is 4.68 Å². The van der Waals surface area contributed by atoms with Crippen LogP contribution < -0.4 is 10.6 Å². The monoisotopic (exact) mass is 421 g/mol. The van der Waals surface area contributed by atoms with E-state index >= 15 is 0 Å². The number of guanidine groups is 1. The van der Waals surface area contributed by atoms with Gasteiger partial charge in [-0.1, -0.05) is 6.08 Å². The molecule has 1 rings (SSSR count). The highest BCUT2D eigenvalue weighted by Crippen LogP contribution is 2.14. The molecule has 1 aromatic heterocycles. The highest BCUT2D eigenvalue weighted by atomic mass is 127. The molecule has 0 radical (unpaired) electrons. The normalized spacial score (nSPS) is 11.0. The summed E-state index contributed by atoms with van der Waals surface area (Å²) in [5, 5.41) is 11.0. The van der Waals surface area contributed by atoms with Crippen molar-refractivity contribution in [1.29, 1.82) is 0 Å². The summed E-state index contributed by atoms with van der Waals surface area (Å²) in [5.41, 5.74) is 3.33. The molecular weight excluding hydrogens is 393 g/mol. The molecule has 0 saturated heterocycles. The number of rotatable bonds is 8. The van der Waals surface area contributed by atoms with E-state index in [9.17, 15) is 0 Å². The van der Waals surface area contributed by atoms with Gasteiger partial charge in [-0.05, 0) is 20.8 Å². The summed E-state index contributed by atoms with van der Waals surface area (Å²) in [7, 11) is 1.70. The zero-order valence-electron chi connectivity index (χ0n) is 14.0. The minimum Gasteiger partial charge on any atom is -0.383 e. The molecule has 0 amide bonds. The van der Waals surface area contributed by atoms with E-state index in [-0.39, 0.29) is 24.0 Å². The van der Waals surface area contributed by atoms with Crippen LogP contribution in [0.2, 0.25) is 0 Å². The minimum absolute atomic E-state index is 0. The molecule has 126 valence electrons. The van der Waals surface area contributed by atoms with Crippen molar-refractivity contribution in [2.75, 3.05) is 26.8 Å². The van der Waals surface area contributed by atoms with Crippen LogP contribution in [0.4, 0.5) is 0 Å². The minimum atomic E-state index is 0. The van der Waals surface area contributed by atoms with Crippen molar-refractivity contribution in [3.8, 4) is 0 Å². The van der Waals surface area contributed by atoms with E-state index in [2.05, 4.69) is 34.2 Å². The van der Waals surface area contributed by atoms with E-state index in [1.165, 1.54) is 5.56 Å². The lowest BCUT2D eigenvalue weighted by Gasteiger charge is -2.09. The number of halogens is 1. The molecule has 0 aliphatic carbocycles. The number of aryl methyl sites for hydroxylation is 1. The molecule has 0 unspecified atom stereocenters. The quantitative estimate of drug-likeness (QED) is 0.292. The van der Waals surface area contributed by atoms with Crippen molar-refractivity contribution < 1.29 is 4.74 Å². The summed E-state index contributed by atoms with van der Waals surface area (Å²) in [6.07, 6.45) is 1.81. The van der Waals surface area contributed by atoms with Gasteiger partial charge in [0.15, 0.2) is 5.96 Å². The molecule has 7 heteroatoms. The lowest BCUT2D eigenvalue weighted by molar-refractivity contribution is 0.182. The number of nitrogens with one attached hydrogen (secondary N) is 2. The van der Waals surface area contributed by atoms with Gasteiger partial charge in [0.1, 0.15) is 0 Å². The van der Waals surface area contributed by atoms with Crippen LogP contribution in [0, 0.1) is 13.8 Å². The Morgan fingerprint density at radius 3 is 2.73 bits per heavy atom. The van der Waals surface area contributed by atoms with Crippen molar-refractivity contribution in [3.63, 3.8) is 0 Å². The molecule has 0 aliphatic rings. The van der Waals surface area contributed by atoms with Crippen LogP contribution in [0.25, 0.3) is 0 Å². The standard InChI is InChI=1S/C15H27N5O.HI/c1-6-8-17-15(16-7-2)18-11-14-12(3)19-20(13(14)4)9-10-21-5;/h6H,1,7-11H2,2-5H3,(H2,16,17,18);1H. The Bertz CT molecular complexity index is 485. The Labute approximate surface area is 150 Å². The summed E-state index contributed by atoms with van der Waals surface area (Å²) < 4.78 is 7.09. The maximum atomic E-state index is 5.11. The topological polar surface area (TPSA) is 63.5 Å². The van der Waals surface area contributed by atoms with E-state index in [0.29, 0.717) is 19.7 Å². The first-order valence-electron chi connectivity index (χ1n) is 7.28. The molecule has 6 nitrogen and oxygen atoms in total. The number of aliphatic imine (C=N–C) groups is 1. The molecule has 0 aliphatic heterocycles. The van der Waals surface area contributed by atoms with E-state index in [0.717, 1.165) is 30.4 Å². The molecule has 0 fully saturated rings. The Morgan fingerprint density at radius 1 is 1.41 bits per heavy atom. The van der Waals surface area contributed by atoms with Crippen LogP contribution in [0.3, 0.4) is 0 Å². The Hall–Kier alpha value is -1.09. The van der Waals surface area contributed by atoms with E-state index in [1.807, 2.05) is 24.6 Å². The van der Waals surface area contributed by atoms with Crippen molar-refractivity contribution in [1.82, 2.24) is 20.4 Å². The number of hydrogen-bond donors (Lipinski definition) is 2. The smallest absolute Gasteiger partial charge is 0.191 e. The molecule has 0 spiro atoms. The fourth-order valence-corrected chi connectivity index (χ4v) is 2.03. The largest absolute Gasteiger partial charge is 0.383 e. The summed E-state index contributed by atoms with van der Waals surface area (Å²) in [4.78, 5) is 4.60. The third-order valence-corrected chi connectivity index (χ3v) is 3.19. The molecule has 0 aromatic carbocycles. The SMILES string of the molecule is C=CCNC(=NCc1c(C)nn(CCOC)c1C)NCC.I. The van der Waals surface area contributed by atoms with Crippen LogP contribution in [0.15, 0.2) is 17.6 Å². The lowest BCUT2D eigenvalue weighted by atomic mass is 10.2.